The molecule has 1 aliphatic heterocycles. The summed E-state index contributed by atoms with van der Waals surface area (Å²) in [5, 5.41) is 0. The number of likely N-dealkylation sites (N-methyl/N-ethyl adjacent to an activating group) is 1. The van der Waals surface area contributed by atoms with Crippen LogP contribution in [-0.2, 0) is 0 Å². The highest BCUT2D eigenvalue weighted by molar-refractivity contribution is 9.10. The summed E-state index contributed by atoms with van der Waals surface area (Å²) < 4.78 is 6.22. The number of amides is 1. The molecule has 1 heterocycles. The van der Waals surface area contributed by atoms with Gasteiger partial charge >= 0.3 is 0 Å². The van der Waals surface area contributed by atoms with Crippen LogP contribution < -0.4 is 4.74 Å². The van der Waals surface area contributed by atoms with Crippen molar-refractivity contribution in [1.82, 2.24) is 9.80 Å². The van der Waals surface area contributed by atoms with Crippen LogP contribution in [-0.4, -0.2) is 56.0 Å². The Morgan fingerprint density at radius 3 is 2.79 bits per heavy atom. The van der Waals surface area contributed by atoms with E-state index < -0.39 is 0 Å². The lowest BCUT2D eigenvalue weighted by Crippen LogP contribution is -2.34. The van der Waals surface area contributed by atoms with Gasteiger partial charge in [-0.25, -0.2) is 0 Å². The van der Waals surface area contributed by atoms with Crippen LogP contribution in [0.2, 0.25) is 0 Å². The molecule has 1 amide bonds. The van der Waals surface area contributed by atoms with E-state index in [0.717, 1.165) is 37.1 Å². The molecular formula is C14H19BrN2O2. The molecule has 0 saturated carbocycles. The summed E-state index contributed by atoms with van der Waals surface area (Å²) in [6.07, 6.45) is 1.01. The molecule has 0 spiro atoms. The molecular weight excluding hydrogens is 308 g/mol. The maximum Gasteiger partial charge on any atom is 0.257 e. The van der Waals surface area contributed by atoms with E-state index in [0.29, 0.717) is 11.3 Å². The first kappa shape index (κ1) is 14.3. The Bertz CT molecular complexity index is 465. The largest absolute Gasteiger partial charge is 0.496 e. The molecule has 0 radical (unpaired) electrons. The predicted molar refractivity (Wildman–Crippen MR) is 78.7 cm³/mol. The summed E-state index contributed by atoms with van der Waals surface area (Å²) in [5.74, 6) is 0.677. The van der Waals surface area contributed by atoms with E-state index in [4.69, 9.17) is 4.74 Å². The normalized spacial score (nSPS) is 17.1. The zero-order valence-corrected chi connectivity index (χ0v) is 12.9. The third-order valence-electron chi connectivity index (χ3n) is 3.40. The summed E-state index contributed by atoms with van der Waals surface area (Å²) >= 11 is 3.39. The number of methoxy groups -OCH3 is 1. The van der Waals surface area contributed by atoms with E-state index in [9.17, 15) is 4.79 Å². The molecule has 0 aromatic heterocycles. The standard InChI is InChI=1S/C14H19BrN2O2/c1-16-6-3-7-17(9-8-16)14(18)12-5-4-11(15)10-13(12)19-2/h4-5,10H,3,6-9H2,1-2H3. The molecule has 0 N–H and O–H groups in total. The number of benzene rings is 1. The van der Waals surface area contributed by atoms with Crippen molar-refractivity contribution in [3.05, 3.63) is 28.2 Å². The van der Waals surface area contributed by atoms with E-state index >= 15 is 0 Å². The van der Waals surface area contributed by atoms with Crippen LogP contribution in [0.3, 0.4) is 0 Å². The van der Waals surface area contributed by atoms with Gasteiger partial charge in [-0.1, -0.05) is 15.9 Å². The molecule has 0 unspecified atom stereocenters. The molecule has 19 heavy (non-hydrogen) atoms. The first-order valence-corrected chi connectivity index (χ1v) is 7.22. The van der Waals surface area contributed by atoms with Gasteiger partial charge in [0.1, 0.15) is 5.75 Å². The van der Waals surface area contributed by atoms with Crippen molar-refractivity contribution in [1.29, 1.82) is 0 Å². The Morgan fingerprint density at radius 1 is 1.26 bits per heavy atom. The predicted octanol–water partition coefficient (Wildman–Crippen LogP) is 2.24. The van der Waals surface area contributed by atoms with Gasteiger partial charge in [0, 0.05) is 24.1 Å². The van der Waals surface area contributed by atoms with Gasteiger partial charge in [0.25, 0.3) is 5.91 Å². The first-order valence-electron chi connectivity index (χ1n) is 6.43. The molecule has 2 rings (SSSR count). The number of hydrogen-bond donors (Lipinski definition) is 0. The lowest BCUT2D eigenvalue weighted by molar-refractivity contribution is 0.0759. The van der Waals surface area contributed by atoms with Gasteiger partial charge in [0.15, 0.2) is 0 Å². The van der Waals surface area contributed by atoms with Crippen LogP contribution in [0.4, 0.5) is 0 Å². The van der Waals surface area contributed by atoms with Gasteiger partial charge < -0.3 is 14.5 Å². The van der Waals surface area contributed by atoms with Crippen molar-refractivity contribution in [2.75, 3.05) is 40.3 Å². The number of hydrogen-bond acceptors (Lipinski definition) is 3. The highest BCUT2D eigenvalue weighted by Crippen LogP contribution is 2.25. The van der Waals surface area contributed by atoms with Crippen LogP contribution in [0.5, 0.6) is 5.75 Å². The van der Waals surface area contributed by atoms with Crippen molar-refractivity contribution < 1.29 is 9.53 Å². The average Bonchev–Trinajstić information content (AvgIpc) is 2.62. The Morgan fingerprint density at radius 2 is 2.05 bits per heavy atom. The Hall–Kier alpha value is -1.07. The Labute approximate surface area is 122 Å². The minimum absolute atomic E-state index is 0.0552. The number of ether oxygens (including phenoxy) is 1. The van der Waals surface area contributed by atoms with Crippen LogP contribution in [0, 0.1) is 0 Å². The van der Waals surface area contributed by atoms with Gasteiger partial charge in [-0.2, -0.15) is 0 Å². The second-order valence-corrected chi connectivity index (χ2v) is 5.71. The van der Waals surface area contributed by atoms with Crippen molar-refractivity contribution in [2.45, 2.75) is 6.42 Å². The second-order valence-electron chi connectivity index (χ2n) is 4.79. The summed E-state index contributed by atoms with van der Waals surface area (Å²) in [6, 6.07) is 5.52. The average molecular weight is 327 g/mol. The Balaban J connectivity index is 2.19. The van der Waals surface area contributed by atoms with Gasteiger partial charge in [-0.15, -0.1) is 0 Å². The number of carbonyl (C=O) groups excluding carboxylic acids is 1. The van der Waals surface area contributed by atoms with Crippen LogP contribution in [0.25, 0.3) is 0 Å². The number of carbonyl (C=O) groups is 1. The van der Waals surface area contributed by atoms with E-state index in [-0.39, 0.29) is 5.91 Å². The lowest BCUT2D eigenvalue weighted by Gasteiger charge is -2.21. The fourth-order valence-corrected chi connectivity index (χ4v) is 2.60. The zero-order valence-electron chi connectivity index (χ0n) is 11.4. The molecule has 0 bridgehead atoms. The van der Waals surface area contributed by atoms with Crippen molar-refractivity contribution >= 4 is 21.8 Å². The molecule has 5 heteroatoms. The minimum Gasteiger partial charge on any atom is -0.496 e. The molecule has 0 atom stereocenters. The third-order valence-corrected chi connectivity index (χ3v) is 3.89. The highest BCUT2D eigenvalue weighted by atomic mass is 79.9. The monoisotopic (exact) mass is 326 g/mol. The fraction of sp³-hybridized carbons (Fsp3) is 0.500. The molecule has 1 saturated heterocycles. The van der Waals surface area contributed by atoms with Crippen LogP contribution in [0.15, 0.2) is 22.7 Å². The fourth-order valence-electron chi connectivity index (χ4n) is 2.26. The zero-order chi connectivity index (χ0) is 13.8. The molecule has 4 nitrogen and oxygen atoms in total. The lowest BCUT2D eigenvalue weighted by atomic mass is 10.1. The SMILES string of the molecule is COc1cc(Br)ccc1C(=O)N1CCCN(C)CC1. The molecule has 1 aliphatic rings. The van der Waals surface area contributed by atoms with Crippen LogP contribution >= 0.6 is 15.9 Å². The van der Waals surface area contributed by atoms with Crippen molar-refractivity contribution in [2.24, 2.45) is 0 Å². The maximum atomic E-state index is 12.6. The summed E-state index contributed by atoms with van der Waals surface area (Å²) in [6.45, 7) is 3.54. The number of nitrogens with zero attached hydrogens (tertiary/aromatic N) is 2. The molecule has 1 aromatic rings. The summed E-state index contributed by atoms with van der Waals surface area (Å²) in [5.41, 5.74) is 0.634. The number of halogens is 1. The molecule has 0 aliphatic carbocycles. The minimum atomic E-state index is 0.0552. The summed E-state index contributed by atoms with van der Waals surface area (Å²) in [7, 11) is 3.68. The molecule has 1 aromatic carbocycles. The van der Waals surface area contributed by atoms with E-state index in [1.54, 1.807) is 7.11 Å². The number of rotatable bonds is 2. The smallest absolute Gasteiger partial charge is 0.257 e. The topological polar surface area (TPSA) is 32.8 Å². The van der Waals surface area contributed by atoms with Gasteiger partial charge in [-0.3, -0.25) is 4.79 Å². The summed E-state index contributed by atoms with van der Waals surface area (Å²) in [4.78, 5) is 16.7. The van der Waals surface area contributed by atoms with E-state index in [2.05, 4.69) is 27.9 Å². The maximum absolute atomic E-state index is 12.6. The highest BCUT2D eigenvalue weighted by Gasteiger charge is 2.21. The van der Waals surface area contributed by atoms with Crippen molar-refractivity contribution in [3.8, 4) is 5.75 Å². The van der Waals surface area contributed by atoms with Gasteiger partial charge in [-0.05, 0) is 38.2 Å². The van der Waals surface area contributed by atoms with E-state index in [1.165, 1.54) is 0 Å². The van der Waals surface area contributed by atoms with Crippen molar-refractivity contribution in [3.63, 3.8) is 0 Å². The quantitative estimate of drug-likeness (QED) is 0.835. The second kappa shape index (κ2) is 6.39. The van der Waals surface area contributed by atoms with Gasteiger partial charge in [0.05, 0.1) is 12.7 Å². The van der Waals surface area contributed by atoms with Gasteiger partial charge in [0.2, 0.25) is 0 Å². The molecule has 104 valence electrons. The van der Waals surface area contributed by atoms with E-state index in [1.807, 2.05) is 23.1 Å². The third kappa shape index (κ3) is 3.48. The first-order chi connectivity index (χ1) is 9.11. The Kier molecular flexibility index (Phi) is 4.82. The van der Waals surface area contributed by atoms with Crippen LogP contribution in [0.1, 0.15) is 16.8 Å². The molecule has 1 fully saturated rings.